The van der Waals surface area contributed by atoms with Crippen molar-refractivity contribution in [2.24, 2.45) is 5.73 Å². The summed E-state index contributed by atoms with van der Waals surface area (Å²) in [4.78, 5) is 6.38. The molecular formula is C23H18FN5O2. The summed E-state index contributed by atoms with van der Waals surface area (Å²) in [6.07, 6.45) is 1.59. The summed E-state index contributed by atoms with van der Waals surface area (Å²) < 4.78 is 19.6. The van der Waals surface area contributed by atoms with E-state index < -0.39 is 5.82 Å². The first kappa shape index (κ1) is 20.1. The molecule has 1 fully saturated rings. The average Bonchev–Trinajstić information content (AvgIpc) is 2.75. The molecule has 1 saturated heterocycles. The van der Waals surface area contributed by atoms with E-state index in [0.29, 0.717) is 46.9 Å². The summed E-state index contributed by atoms with van der Waals surface area (Å²) in [5, 5.41) is 29.3. The van der Waals surface area contributed by atoms with E-state index in [1.54, 1.807) is 30.5 Å². The predicted octanol–water partition coefficient (Wildman–Crippen LogP) is 3.16. The number of pyridine rings is 1. The Balaban J connectivity index is 1.97. The zero-order valence-corrected chi connectivity index (χ0v) is 16.6. The Bertz CT molecular complexity index is 1260. The Kier molecular flexibility index (Phi) is 5.16. The van der Waals surface area contributed by atoms with Crippen LogP contribution in [-0.2, 0) is 0 Å². The molecule has 0 spiro atoms. The maximum atomic E-state index is 14.5. The van der Waals surface area contributed by atoms with Crippen LogP contribution < -0.4 is 15.4 Å². The largest absolute Gasteiger partial charge is 0.504 e. The molecule has 4 rings (SSSR count). The second kappa shape index (κ2) is 7.94. The van der Waals surface area contributed by atoms with Crippen molar-refractivity contribution >= 4 is 5.82 Å². The molecule has 3 N–H and O–H groups in total. The van der Waals surface area contributed by atoms with Gasteiger partial charge >= 0.3 is 0 Å². The van der Waals surface area contributed by atoms with Gasteiger partial charge in [0.25, 0.3) is 0 Å². The fraction of sp³-hybridized carbons (Fsp3) is 0.174. The van der Waals surface area contributed by atoms with Crippen molar-refractivity contribution in [1.82, 2.24) is 4.98 Å². The Morgan fingerprint density at radius 3 is 2.48 bits per heavy atom. The maximum absolute atomic E-state index is 14.5. The monoisotopic (exact) mass is 415 g/mol. The molecule has 0 atom stereocenters. The standard InChI is InChI=1S/C23H18FN5O2/c1-31-21-5-4-13(7-20(21)30)18-10-28-23(29-11-16(27)12-29)17(9-26)22(18)14-2-3-15(8-25)19(24)6-14/h2-7,10,16,30H,11-12,27H2,1H3. The number of phenols is 1. The van der Waals surface area contributed by atoms with Gasteiger partial charge in [0, 0.05) is 36.5 Å². The third kappa shape index (κ3) is 3.50. The van der Waals surface area contributed by atoms with Crippen molar-refractivity contribution in [2.45, 2.75) is 6.04 Å². The van der Waals surface area contributed by atoms with E-state index in [0.717, 1.165) is 0 Å². The summed E-state index contributed by atoms with van der Waals surface area (Å²) in [5.41, 5.74) is 8.06. The van der Waals surface area contributed by atoms with Crippen LogP contribution in [0.5, 0.6) is 11.5 Å². The molecule has 2 aromatic carbocycles. The number of rotatable bonds is 4. The zero-order chi connectivity index (χ0) is 22.1. The van der Waals surface area contributed by atoms with Gasteiger partial charge in [-0.25, -0.2) is 9.37 Å². The zero-order valence-electron chi connectivity index (χ0n) is 16.6. The third-order valence-corrected chi connectivity index (χ3v) is 5.25. The Hall–Kier alpha value is -4.14. The van der Waals surface area contributed by atoms with Crippen molar-refractivity contribution in [3.8, 4) is 45.9 Å². The van der Waals surface area contributed by atoms with Crippen molar-refractivity contribution in [3.63, 3.8) is 0 Å². The van der Waals surface area contributed by atoms with Crippen molar-refractivity contribution < 1.29 is 14.2 Å². The van der Waals surface area contributed by atoms with Crippen LogP contribution in [-0.4, -0.2) is 36.3 Å². The number of aromatic nitrogens is 1. The van der Waals surface area contributed by atoms with Gasteiger partial charge in [-0.1, -0.05) is 12.1 Å². The Labute approximate surface area is 178 Å². The molecule has 1 aliphatic heterocycles. The van der Waals surface area contributed by atoms with Crippen LogP contribution in [0.1, 0.15) is 11.1 Å². The van der Waals surface area contributed by atoms with E-state index in [2.05, 4.69) is 11.1 Å². The summed E-state index contributed by atoms with van der Waals surface area (Å²) in [6.45, 7) is 1.12. The lowest BCUT2D eigenvalue weighted by Gasteiger charge is -2.38. The minimum Gasteiger partial charge on any atom is -0.504 e. The van der Waals surface area contributed by atoms with Crippen LogP contribution in [0, 0.1) is 28.5 Å². The molecular weight excluding hydrogens is 397 g/mol. The van der Waals surface area contributed by atoms with E-state index in [-0.39, 0.29) is 22.9 Å². The number of anilines is 1. The number of nitriles is 2. The van der Waals surface area contributed by atoms with Gasteiger partial charge in [0.2, 0.25) is 0 Å². The van der Waals surface area contributed by atoms with Crippen LogP contribution in [0.3, 0.4) is 0 Å². The Morgan fingerprint density at radius 1 is 1.16 bits per heavy atom. The fourth-order valence-electron chi connectivity index (χ4n) is 3.67. The number of aromatic hydroxyl groups is 1. The second-order valence-electron chi connectivity index (χ2n) is 7.22. The lowest BCUT2D eigenvalue weighted by molar-refractivity contribution is 0.373. The van der Waals surface area contributed by atoms with E-state index >= 15 is 0 Å². The molecule has 1 aliphatic rings. The molecule has 3 aromatic rings. The SMILES string of the molecule is COc1ccc(-c2cnc(N3CC(N)C3)c(C#N)c2-c2ccc(C#N)c(F)c2)cc1O. The quantitative estimate of drug-likeness (QED) is 0.672. The number of phenolic OH excluding ortho intramolecular Hbond substituents is 1. The molecule has 0 amide bonds. The van der Waals surface area contributed by atoms with Crippen LogP contribution in [0.2, 0.25) is 0 Å². The fourth-order valence-corrected chi connectivity index (χ4v) is 3.67. The number of nitrogens with zero attached hydrogens (tertiary/aromatic N) is 4. The normalized spacial score (nSPS) is 13.3. The highest BCUT2D eigenvalue weighted by molar-refractivity contribution is 5.90. The maximum Gasteiger partial charge on any atom is 0.160 e. The number of hydrogen-bond acceptors (Lipinski definition) is 7. The average molecular weight is 415 g/mol. The van der Waals surface area contributed by atoms with Crippen LogP contribution in [0.15, 0.2) is 42.6 Å². The van der Waals surface area contributed by atoms with E-state index in [1.807, 2.05) is 4.90 Å². The summed E-state index contributed by atoms with van der Waals surface area (Å²) >= 11 is 0. The molecule has 8 heteroatoms. The molecule has 31 heavy (non-hydrogen) atoms. The number of ether oxygens (including phenoxy) is 1. The molecule has 154 valence electrons. The lowest BCUT2D eigenvalue weighted by Crippen LogP contribution is -2.56. The first-order chi connectivity index (χ1) is 15.0. The molecule has 1 aromatic heterocycles. The number of methoxy groups -OCH3 is 1. The van der Waals surface area contributed by atoms with Gasteiger partial charge in [0.15, 0.2) is 11.5 Å². The topological polar surface area (TPSA) is 119 Å². The van der Waals surface area contributed by atoms with Gasteiger partial charge in [0.1, 0.15) is 29.3 Å². The number of nitrogens with two attached hydrogens (primary N) is 1. The molecule has 0 bridgehead atoms. The molecule has 0 aliphatic carbocycles. The first-order valence-electron chi connectivity index (χ1n) is 9.47. The summed E-state index contributed by atoms with van der Waals surface area (Å²) in [6, 6.07) is 13.0. The van der Waals surface area contributed by atoms with Gasteiger partial charge in [-0.15, -0.1) is 0 Å². The van der Waals surface area contributed by atoms with Crippen LogP contribution >= 0.6 is 0 Å². The smallest absolute Gasteiger partial charge is 0.160 e. The van der Waals surface area contributed by atoms with Crippen molar-refractivity contribution in [1.29, 1.82) is 10.5 Å². The lowest BCUT2D eigenvalue weighted by atomic mass is 9.91. The van der Waals surface area contributed by atoms with Crippen molar-refractivity contribution in [2.75, 3.05) is 25.1 Å². The Morgan fingerprint density at radius 2 is 1.90 bits per heavy atom. The number of benzene rings is 2. The van der Waals surface area contributed by atoms with E-state index in [4.69, 9.17) is 15.7 Å². The summed E-state index contributed by atoms with van der Waals surface area (Å²) in [7, 11) is 1.45. The van der Waals surface area contributed by atoms with Gasteiger partial charge < -0.3 is 20.5 Å². The third-order valence-electron chi connectivity index (χ3n) is 5.25. The highest BCUT2D eigenvalue weighted by Gasteiger charge is 2.29. The van der Waals surface area contributed by atoms with Crippen LogP contribution in [0.25, 0.3) is 22.3 Å². The molecule has 2 heterocycles. The van der Waals surface area contributed by atoms with E-state index in [9.17, 15) is 14.8 Å². The highest BCUT2D eigenvalue weighted by atomic mass is 19.1. The first-order valence-corrected chi connectivity index (χ1v) is 9.47. The molecule has 0 saturated carbocycles. The molecule has 0 unspecified atom stereocenters. The number of hydrogen-bond donors (Lipinski definition) is 2. The van der Waals surface area contributed by atoms with Gasteiger partial charge in [-0.3, -0.25) is 0 Å². The minimum atomic E-state index is -0.684. The minimum absolute atomic E-state index is 0.00219. The predicted molar refractivity (Wildman–Crippen MR) is 113 cm³/mol. The van der Waals surface area contributed by atoms with Gasteiger partial charge in [0.05, 0.1) is 12.7 Å². The van der Waals surface area contributed by atoms with Crippen LogP contribution in [0.4, 0.5) is 10.2 Å². The molecule has 7 nitrogen and oxygen atoms in total. The van der Waals surface area contributed by atoms with Gasteiger partial charge in [-0.05, 0) is 35.4 Å². The molecule has 0 radical (unpaired) electrons. The summed E-state index contributed by atoms with van der Waals surface area (Å²) in [5.74, 6) is 0.00448. The number of halogens is 1. The van der Waals surface area contributed by atoms with Crippen molar-refractivity contribution in [3.05, 3.63) is 59.5 Å². The highest BCUT2D eigenvalue weighted by Crippen LogP contribution is 2.41. The van der Waals surface area contributed by atoms with Gasteiger partial charge in [-0.2, -0.15) is 10.5 Å². The van der Waals surface area contributed by atoms with E-state index in [1.165, 1.54) is 25.3 Å². The second-order valence-corrected chi connectivity index (χ2v) is 7.22.